The number of aryl methyl sites for hydroxylation is 2. The Bertz CT molecular complexity index is 453. The van der Waals surface area contributed by atoms with Gasteiger partial charge < -0.3 is 5.32 Å². The minimum atomic E-state index is -0.0676. The van der Waals surface area contributed by atoms with Crippen LogP contribution < -0.4 is 5.32 Å². The van der Waals surface area contributed by atoms with Gasteiger partial charge in [-0.3, -0.25) is 4.79 Å². The van der Waals surface area contributed by atoms with E-state index in [2.05, 4.69) is 10.3 Å². The van der Waals surface area contributed by atoms with Crippen molar-refractivity contribution in [3.8, 4) is 6.07 Å². The van der Waals surface area contributed by atoms with Gasteiger partial charge in [0.15, 0.2) is 5.13 Å². The van der Waals surface area contributed by atoms with Gasteiger partial charge in [-0.15, -0.1) is 23.1 Å². The number of rotatable bonds is 4. The Labute approximate surface area is 121 Å². The highest BCUT2D eigenvalue weighted by molar-refractivity contribution is 8.00. The summed E-state index contributed by atoms with van der Waals surface area (Å²) >= 11 is 2.93. The molecule has 19 heavy (non-hydrogen) atoms. The Morgan fingerprint density at radius 2 is 2.16 bits per heavy atom. The normalized spacial score (nSPS) is 14.9. The summed E-state index contributed by atoms with van der Waals surface area (Å²) in [5.74, 6) is 0.599. The van der Waals surface area contributed by atoms with Gasteiger partial charge in [-0.2, -0.15) is 5.26 Å². The molecule has 0 spiro atoms. The monoisotopic (exact) mass is 295 g/mol. The first-order valence-corrected chi connectivity index (χ1v) is 8.50. The number of aromatic nitrogens is 1. The largest absolute Gasteiger partial charge is 0.301 e. The van der Waals surface area contributed by atoms with Crippen molar-refractivity contribution in [2.45, 2.75) is 38.5 Å². The van der Waals surface area contributed by atoms with Crippen molar-refractivity contribution in [3.05, 3.63) is 10.6 Å². The quantitative estimate of drug-likeness (QED) is 0.867. The molecule has 1 aliphatic rings. The van der Waals surface area contributed by atoms with E-state index in [1.54, 1.807) is 11.3 Å². The number of thioether (sulfide) groups is 1. The van der Waals surface area contributed by atoms with Crippen molar-refractivity contribution >= 4 is 34.1 Å². The molecule has 1 aromatic heterocycles. The van der Waals surface area contributed by atoms with Crippen molar-refractivity contribution in [2.24, 2.45) is 0 Å². The van der Waals surface area contributed by atoms with Crippen LogP contribution in [-0.4, -0.2) is 22.4 Å². The summed E-state index contributed by atoms with van der Waals surface area (Å²) in [6.45, 7) is 0. The predicted molar refractivity (Wildman–Crippen MR) is 79.6 cm³/mol. The van der Waals surface area contributed by atoms with Crippen molar-refractivity contribution in [2.75, 3.05) is 16.8 Å². The highest BCUT2D eigenvalue weighted by Crippen LogP contribution is 2.28. The van der Waals surface area contributed by atoms with Gasteiger partial charge in [0, 0.05) is 4.88 Å². The minimum Gasteiger partial charge on any atom is -0.301 e. The molecule has 4 nitrogen and oxygen atoms in total. The van der Waals surface area contributed by atoms with Crippen molar-refractivity contribution in [1.29, 1.82) is 5.26 Å². The maximum absolute atomic E-state index is 11.7. The molecular weight excluding hydrogens is 278 g/mol. The molecule has 1 N–H and O–H groups in total. The molecule has 0 unspecified atom stereocenters. The smallest absolute Gasteiger partial charge is 0.236 e. The summed E-state index contributed by atoms with van der Waals surface area (Å²) in [5.41, 5.74) is 1.17. The number of fused-ring (bicyclic) bond motifs is 1. The number of carbonyl (C=O) groups excluding carboxylic acids is 1. The molecule has 1 aliphatic carbocycles. The van der Waals surface area contributed by atoms with Gasteiger partial charge in [-0.25, -0.2) is 4.98 Å². The topological polar surface area (TPSA) is 65.8 Å². The lowest BCUT2D eigenvalue weighted by Gasteiger charge is -2.06. The van der Waals surface area contributed by atoms with E-state index in [1.807, 2.05) is 6.07 Å². The SMILES string of the molecule is N#CCSCC(=O)Nc1nc2c(s1)CCCCCC2. The fourth-order valence-electron chi connectivity index (χ4n) is 2.10. The summed E-state index contributed by atoms with van der Waals surface area (Å²) < 4.78 is 0. The number of nitrogens with one attached hydrogen (secondary N) is 1. The average molecular weight is 295 g/mol. The Morgan fingerprint density at radius 1 is 1.37 bits per heavy atom. The third-order valence-corrected chi connectivity index (χ3v) is 4.86. The van der Waals surface area contributed by atoms with E-state index in [1.165, 1.54) is 48.0 Å². The summed E-state index contributed by atoms with van der Waals surface area (Å²) in [5, 5.41) is 12.0. The number of anilines is 1. The van der Waals surface area contributed by atoms with E-state index in [4.69, 9.17) is 5.26 Å². The van der Waals surface area contributed by atoms with E-state index in [-0.39, 0.29) is 5.91 Å². The van der Waals surface area contributed by atoms with Crippen LogP contribution in [-0.2, 0) is 17.6 Å². The third-order valence-electron chi connectivity index (χ3n) is 2.99. The molecule has 0 atom stereocenters. The molecule has 1 amide bonds. The Hall–Kier alpha value is -1.06. The van der Waals surface area contributed by atoms with E-state index >= 15 is 0 Å². The second kappa shape index (κ2) is 7.51. The van der Waals surface area contributed by atoms with Crippen molar-refractivity contribution in [1.82, 2.24) is 4.98 Å². The molecule has 6 heteroatoms. The fraction of sp³-hybridized carbons (Fsp3) is 0.615. The van der Waals surface area contributed by atoms with E-state index in [0.29, 0.717) is 11.5 Å². The van der Waals surface area contributed by atoms with Gasteiger partial charge in [0.2, 0.25) is 5.91 Å². The van der Waals surface area contributed by atoms with Gasteiger partial charge in [0.05, 0.1) is 23.3 Å². The molecule has 1 aromatic rings. The number of hydrogen-bond donors (Lipinski definition) is 1. The number of carbonyl (C=O) groups is 1. The lowest BCUT2D eigenvalue weighted by atomic mass is 10.0. The van der Waals surface area contributed by atoms with Gasteiger partial charge >= 0.3 is 0 Å². The van der Waals surface area contributed by atoms with Gasteiger partial charge in [-0.1, -0.05) is 12.8 Å². The van der Waals surface area contributed by atoms with Crippen LogP contribution >= 0.6 is 23.1 Å². The second-order valence-electron chi connectivity index (χ2n) is 4.50. The summed E-state index contributed by atoms with van der Waals surface area (Å²) in [6.07, 6.45) is 7.12. The maximum Gasteiger partial charge on any atom is 0.236 e. The van der Waals surface area contributed by atoms with Gasteiger partial charge in [0.1, 0.15) is 0 Å². The van der Waals surface area contributed by atoms with E-state index in [0.717, 1.165) is 18.0 Å². The number of hydrogen-bond acceptors (Lipinski definition) is 5. The Morgan fingerprint density at radius 3 is 2.95 bits per heavy atom. The van der Waals surface area contributed by atoms with Crippen molar-refractivity contribution in [3.63, 3.8) is 0 Å². The molecule has 0 aliphatic heterocycles. The van der Waals surface area contributed by atoms with E-state index in [9.17, 15) is 4.79 Å². The highest BCUT2D eigenvalue weighted by atomic mass is 32.2. The lowest BCUT2D eigenvalue weighted by molar-refractivity contribution is -0.113. The average Bonchev–Trinajstić information content (AvgIpc) is 2.71. The zero-order chi connectivity index (χ0) is 13.5. The summed E-state index contributed by atoms with van der Waals surface area (Å²) in [6, 6.07) is 2.01. The van der Waals surface area contributed by atoms with Crippen LogP contribution in [0.25, 0.3) is 0 Å². The zero-order valence-electron chi connectivity index (χ0n) is 10.8. The lowest BCUT2D eigenvalue weighted by Crippen LogP contribution is -2.14. The van der Waals surface area contributed by atoms with Crippen LogP contribution in [0.4, 0.5) is 5.13 Å². The van der Waals surface area contributed by atoms with E-state index < -0.39 is 0 Å². The maximum atomic E-state index is 11.7. The Balaban J connectivity index is 1.92. The molecule has 2 rings (SSSR count). The third kappa shape index (κ3) is 4.51. The molecule has 102 valence electrons. The zero-order valence-corrected chi connectivity index (χ0v) is 12.4. The van der Waals surface area contributed by atoms with Gasteiger partial charge in [-0.05, 0) is 25.7 Å². The molecule has 0 saturated heterocycles. The number of nitrogens with zero attached hydrogens (tertiary/aromatic N) is 2. The fourth-order valence-corrected chi connectivity index (χ4v) is 3.62. The standard InChI is InChI=1S/C13H17N3OS2/c14-7-8-18-9-12(17)16-13-15-10-5-3-1-2-4-6-11(10)19-13/h1-6,8-9H2,(H,15,16,17). The number of amides is 1. The molecule has 1 heterocycles. The molecule has 0 bridgehead atoms. The van der Waals surface area contributed by atoms with Crippen LogP contribution in [0.15, 0.2) is 0 Å². The summed E-state index contributed by atoms with van der Waals surface area (Å²) in [7, 11) is 0. The molecular formula is C13H17N3OS2. The highest BCUT2D eigenvalue weighted by Gasteiger charge is 2.14. The number of thiazole rings is 1. The van der Waals surface area contributed by atoms with Crippen LogP contribution in [0.2, 0.25) is 0 Å². The first-order chi connectivity index (χ1) is 9.29. The first-order valence-electron chi connectivity index (χ1n) is 6.52. The molecule has 0 radical (unpaired) electrons. The summed E-state index contributed by atoms with van der Waals surface area (Å²) in [4.78, 5) is 17.5. The molecule has 0 saturated carbocycles. The minimum absolute atomic E-state index is 0.0676. The van der Waals surface area contributed by atoms with Crippen LogP contribution in [0.5, 0.6) is 0 Å². The molecule has 0 fully saturated rings. The molecule has 0 aromatic carbocycles. The second-order valence-corrected chi connectivity index (χ2v) is 6.57. The van der Waals surface area contributed by atoms with Crippen LogP contribution in [0, 0.1) is 11.3 Å². The number of nitriles is 1. The van der Waals surface area contributed by atoms with Gasteiger partial charge in [0.25, 0.3) is 0 Å². The Kier molecular flexibility index (Phi) is 5.67. The van der Waals surface area contributed by atoms with Crippen molar-refractivity contribution < 1.29 is 4.79 Å². The first kappa shape index (κ1) is 14.4. The van der Waals surface area contributed by atoms with Crippen LogP contribution in [0.3, 0.4) is 0 Å². The van der Waals surface area contributed by atoms with Crippen LogP contribution in [0.1, 0.15) is 36.3 Å². The predicted octanol–water partition coefficient (Wildman–Crippen LogP) is 3.00.